The fourth-order valence-electron chi connectivity index (χ4n) is 4.92. The number of furan rings is 1. The predicted molar refractivity (Wildman–Crippen MR) is 114 cm³/mol. The van der Waals surface area contributed by atoms with Crippen LogP contribution < -0.4 is 5.32 Å². The lowest BCUT2D eigenvalue weighted by molar-refractivity contribution is 0.0290. The molecule has 4 atom stereocenters. The van der Waals surface area contributed by atoms with Crippen LogP contribution in [0.4, 0.5) is 0 Å². The van der Waals surface area contributed by atoms with Crippen LogP contribution >= 0.6 is 0 Å². The molecule has 0 spiro atoms. The lowest BCUT2D eigenvalue weighted by Gasteiger charge is -2.49. The third-order valence-corrected chi connectivity index (χ3v) is 6.42. The summed E-state index contributed by atoms with van der Waals surface area (Å²) in [7, 11) is 0. The van der Waals surface area contributed by atoms with Crippen LogP contribution in [0.1, 0.15) is 40.6 Å². The molecule has 1 N–H and O–H groups in total. The molecule has 6 heteroatoms. The van der Waals surface area contributed by atoms with Gasteiger partial charge in [0.05, 0.1) is 6.26 Å². The van der Waals surface area contributed by atoms with E-state index in [0.717, 1.165) is 42.5 Å². The van der Waals surface area contributed by atoms with Crippen molar-refractivity contribution < 1.29 is 9.21 Å². The minimum Gasteiger partial charge on any atom is -0.463 e. The summed E-state index contributed by atoms with van der Waals surface area (Å²) in [6.07, 6.45) is 3.93. The Bertz CT molecular complexity index is 1020. The molecule has 1 unspecified atom stereocenters. The first-order valence-electron chi connectivity index (χ1n) is 10.6. The lowest BCUT2D eigenvalue weighted by atomic mass is 9.74. The monoisotopic (exact) mass is 402 g/mol. The number of rotatable bonds is 5. The van der Waals surface area contributed by atoms with E-state index in [1.165, 1.54) is 6.42 Å². The van der Waals surface area contributed by atoms with Crippen molar-refractivity contribution in [1.82, 2.24) is 20.2 Å². The first kappa shape index (κ1) is 19.0. The van der Waals surface area contributed by atoms with E-state index in [0.29, 0.717) is 30.0 Å². The summed E-state index contributed by atoms with van der Waals surface area (Å²) < 4.78 is 5.55. The van der Waals surface area contributed by atoms with E-state index >= 15 is 0 Å². The Hall–Kier alpha value is -2.99. The maximum atomic E-state index is 12.4. The molecule has 0 saturated carbocycles. The zero-order chi connectivity index (χ0) is 20.5. The smallest absolute Gasteiger partial charge is 0.251 e. The Morgan fingerprint density at radius 3 is 2.80 bits per heavy atom. The molecule has 2 bridgehead atoms. The number of hydrogen-bond acceptors (Lipinski definition) is 5. The molecular weight excluding hydrogens is 376 g/mol. The van der Waals surface area contributed by atoms with E-state index in [9.17, 15) is 4.79 Å². The number of aromatic nitrogens is 2. The third kappa shape index (κ3) is 3.75. The number of piperidine rings is 3. The molecule has 3 saturated heterocycles. The summed E-state index contributed by atoms with van der Waals surface area (Å²) in [5, 5.41) is 3.13. The van der Waals surface area contributed by atoms with Gasteiger partial charge in [-0.3, -0.25) is 9.69 Å². The molecule has 30 heavy (non-hydrogen) atoms. The fourth-order valence-corrected chi connectivity index (χ4v) is 4.92. The summed E-state index contributed by atoms with van der Waals surface area (Å²) in [4.78, 5) is 24.3. The summed E-state index contributed by atoms with van der Waals surface area (Å²) in [5.41, 5.74) is 2.68. The van der Waals surface area contributed by atoms with Crippen LogP contribution in [0.15, 0.2) is 59.2 Å². The number of carbonyl (C=O) groups is 1. The maximum absolute atomic E-state index is 12.4. The van der Waals surface area contributed by atoms with Crippen LogP contribution in [-0.2, 0) is 0 Å². The largest absolute Gasteiger partial charge is 0.463 e. The van der Waals surface area contributed by atoms with Gasteiger partial charge in [0.2, 0.25) is 0 Å². The van der Waals surface area contributed by atoms with Crippen LogP contribution in [0.3, 0.4) is 0 Å². The molecule has 0 aliphatic carbocycles. The lowest BCUT2D eigenvalue weighted by Crippen LogP contribution is -2.56. The van der Waals surface area contributed by atoms with Crippen molar-refractivity contribution in [3.8, 4) is 11.5 Å². The second-order valence-electron chi connectivity index (χ2n) is 8.32. The van der Waals surface area contributed by atoms with E-state index in [4.69, 9.17) is 9.40 Å². The molecule has 6 rings (SSSR count). The van der Waals surface area contributed by atoms with E-state index in [1.807, 2.05) is 49.4 Å². The van der Waals surface area contributed by atoms with Crippen LogP contribution in [0.5, 0.6) is 0 Å². The van der Waals surface area contributed by atoms with Crippen molar-refractivity contribution >= 4 is 5.91 Å². The van der Waals surface area contributed by atoms with Crippen molar-refractivity contribution in [2.75, 3.05) is 19.6 Å². The highest BCUT2D eigenvalue weighted by molar-refractivity contribution is 5.94. The molecule has 3 aliphatic rings. The number of hydrogen-bond donors (Lipinski definition) is 1. The topological polar surface area (TPSA) is 71.3 Å². The van der Waals surface area contributed by atoms with Gasteiger partial charge >= 0.3 is 0 Å². The summed E-state index contributed by atoms with van der Waals surface area (Å²) >= 11 is 0. The molecule has 154 valence electrons. The van der Waals surface area contributed by atoms with Gasteiger partial charge in [0, 0.05) is 36.3 Å². The van der Waals surface area contributed by atoms with Gasteiger partial charge in [0.1, 0.15) is 11.5 Å². The SMILES string of the molecule is Cc1nc(-c2ccco2)cc([C@@H]2CN3CC[C@H]2C[C@@H]3CNC(=O)c2ccccc2)n1. The minimum atomic E-state index is 0.00399. The van der Waals surface area contributed by atoms with Crippen LogP contribution in [0, 0.1) is 12.8 Å². The fraction of sp³-hybridized carbons (Fsp3) is 0.375. The van der Waals surface area contributed by atoms with Gasteiger partial charge < -0.3 is 9.73 Å². The average Bonchev–Trinajstić information content (AvgIpc) is 3.33. The highest BCUT2D eigenvalue weighted by Crippen LogP contribution is 2.41. The van der Waals surface area contributed by atoms with Crippen molar-refractivity contribution in [3.05, 3.63) is 71.9 Å². The zero-order valence-electron chi connectivity index (χ0n) is 17.1. The summed E-state index contributed by atoms with van der Waals surface area (Å²) in [6, 6.07) is 15.7. The van der Waals surface area contributed by atoms with Gasteiger partial charge in [-0.2, -0.15) is 0 Å². The van der Waals surface area contributed by atoms with Crippen molar-refractivity contribution in [1.29, 1.82) is 0 Å². The number of nitrogens with zero attached hydrogens (tertiary/aromatic N) is 3. The first-order valence-corrected chi connectivity index (χ1v) is 10.6. The number of carbonyl (C=O) groups excluding carboxylic acids is 1. The number of benzene rings is 1. The van der Waals surface area contributed by atoms with Crippen molar-refractivity contribution in [2.24, 2.45) is 5.92 Å². The molecular formula is C24H26N4O2. The molecule has 5 heterocycles. The number of amides is 1. The Balaban J connectivity index is 1.27. The number of fused-ring (bicyclic) bond motifs is 3. The summed E-state index contributed by atoms with van der Waals surface area (Å²) in [5.74, 6) is 2.54. The highest BCUT2D eigenvalue weighted by atomic mass is 16.3. The highest BCUT2D eigenvalue weighted by Gasteiger charge is 2.41. The Kier molecular flexibility index (Phi) is 5.09. The molecule has 0 radical (unpaired) electrons. The van der Waals surface area contributed by atoms with Crippen LogP contribution in [-0.4, -0.2) is 46.5 Å². The van der Waals surface area contributed by atoms with Gasteiger partial charge in [0.15, 0.2) is 5.76 Å². The van der Waals surface area contributed by atoms with E-state index in [1.54, 1.807) is 6.26 Å². The molecule has 3 aliphatic heterocycles. The van der Waals surface area contributed by atoms with Crippen molar-refractivity contribution in [2.45, 2.75) is 31.7 Å². The van der Waals surface area contributed by atoms with Gasteiger partial charge in [-0.1, -0.05) is 18.2 Å². The van der Waals surface area contributed by atoms with E-state index in [-0.39, 0.29) is 5.91 Å². The normalized spacial score (nSPS) is 25.2. The predicted octanol–water partition coefficient (Wildman–Crippen LogP) is 3.65. The summed E-state index contributed by atoms with van der Waals surface area (Å²) in [6.45, 7) is 4.70. The van der Waals surface area contributed by atoms with Gasteiger partial charge in [-0.15, -0.1) is 0 Å². The molecule has 1 amide bonds. The second kappa shape index (κ2) is 8.03. The molecule has 6 nitrogen and oxygen atoms in total. The third-order valence-electron chi connectivity index (χ3n) is 6.42. The quantitative estimate of drug-likeness (QED) is 0.705. The second-order valence-corrected chi connectivity index (χ2v) is 8.32. The maximum Gasteiger partial charge on any atom is 0.251 e. The zero-order valence-corrected chi connectivity index (χ0v) is 17.1. The van der Waals surface area contributed by atoms with E-state index < -0.39 is 0 Å². The van der Waals surface area contributed by atoms with Crippen LogP contribution in [0.2, 0.25) is 0 Å². The minimum absolute atomic E-state index is 0.00399. The Labute approximate surface area is 176 Å². The van der Waals surface area contributed by atoms with Gasteiger partial charge in [-0.25, -0.2) is 9.97 Å². The standard InChI is InChI=1S/C24H26N4O2/c1-16-26-21(13-22(27-16)23-8-5-11-30-23)20-15-28-10-9-18(20)12-19(28)14-25-24(29)17-6-3-2-4-7-17/h2-8,11,13,18-20H,9-10,12,14-15H2,1H3,(H,25,29)/t18-,19+,20+/m0/s1. The molecule has 3 aromatic rings. The first-order chi connectivity index (χ1) is 14.7. The number of aryl methyl sites for hydroxylation is 1. The molecule has 3 fully saturated rings. The van der Waals surface area contributed by atoms with Gasteiger partial charge in [0.25, 0.3) is 5.91 Å². The Morgan fingerprint density at radius 1 is 1.20 bits per heavy atom. The van der Waals surface area contributed by atoms with Crippen molar-refractivity contribution in [3.63, 3.8) is 0 Å². The number of nitrogens with one attached hydrogen (secondary N) is 1. The van der Waals surface area contributed by atoms with Gasteiger partial charge in [-0.05, 0) is 62.6 Å². The Morgan fingerprint density at radius 2 is 2.07 bits per heavy atom. The molecule has 1 aromatic carbocycles. The van der Waals surface area contributed by atoms with E-state index in [2.05, 4.69) is 21.3 Å². The molecule has 2 aromatic heterocycles. The average molecular weight is 402 g/mol. The van der Waals surface area contributed by atoms with Crippen LogP contribution in [0.25, 0.3) is 11.5 Å².